The predicted molar refractivity (Wildman–Crippen MR) is 61.3 cm³/mol. The minimum atomic E-state index is -0.503. The van der Waals surface area contributed by atoms with Gasteiger partial charge in [0.25, 0.3) is 0 Å². The van der Waals surface area contributed by atoms with E-state index in [1.54, 1.807) is 0 Å². The van der Waals surface area contributed by atoms with Crippen molar-refractivity contribution in [3.63, 3.8) is 0 Å². The Hall–Kier alpha value is -1.84. The third-order valence-corrected chi connectivity index (χ3v) is 2.06. The standard InChI is InChI=1S/C12H14N2O2/c1-12(2,3)16-11(15)10-8-6-4-5-7-9(8)13-14-10/h4-7H,1-3H3,(H,13,14). The molecule has 2 rings (SSSR count). The summed E-state index contributed by atoms with van der Waals surface area (Å²) in [6.45, 7) is 5.50. The highest BCUT2D eigenvalue weighted by atomic mass is 16.6. The summed E-state index contributed by atoms with van der Waals surface area (Å²) in [6.07, 6.45) is 0. The van der Waals surface area contributed by atoms with Crippen LogP contribution in [0.2, 0.25) is 0 Å². The molecule has 84 valence electrons. The molecule has 2 aromatic rings. The average Bonchev–Trinajstić information content (AvgIpc) is 2.58. The Bertz CT molecular complexity index is 523. The lowest BCUT2D eigenvalue weighted by Gasteiger charge is -2.18. The van der Waals surface area contributed by atoms with Gasteiger partial charge in [-0.1, -0.05) is 18.2 Å². The van der Waals surface area contributed by atoms with Crippen LogP contribution >= 0.6 is 0 Å². The second kappa shape index (κ2) is 3.63. The molecule has 0 fully saturated rings. The van der Waals surface area contributed by atoms with Gasteiger partial charge in [0.1, 0.15) is 5.60 Å². The van der Waals surface area contributed by atoms with E-state index in [2.05, 4.69) is 10.2 Å². The molecule has 0 aliphatic rings. The second-order valence-electron chi connectivity index (χ2n) is 4.62. The number of nitrogens with one attached hydrogen (secondary N) is 1. The maximum absolute atomic E-state index is 11.8. The molecule has 0 spiro atoms. The second-order valence-corrected chi connectivity index (χ2v) is 4.62. The van der Waals surface area contributed by atoms with Gasteiger partial charge < -0.3 is 4.74 Å². The van der Waals surface area contributed by atoms with Crippen molar-refractivity contribution < 1.29 is 9.53 Å². The number of esters is 1. The largest absolute Gasteiger partial charge is 0.455 e. The monoisotopic (exact) mass is 218 g/mol. The Morgan fingerprint density at radius 2 is 2.00 bits per heavy atom. The lowest BCUT2D eigenvalue weighted by atomic mass is 10.2. The van der Waals surface area contributed by atoms with Gasteiger partial charge in [0, 0.05) is 5.39 Å². The number of ether oxygens (including phenoxy) is 1. The highest BCUT2D eigenvalue weighted by molar-refractivity contribution is 6.01. The first-order valence-corrected chi connectivity index (χ1v) is 5.14. The molecule has 1 heterocycles. The number of carbonyl (C=O) groups is 1. The Morgan fingerprint density at radius 3 is 2.69 bits per heavy atom. The van der Waals surface area contributed by atoms with Gasteiger partial charge in [0.2, 0.25) is 0 Å². The average molecular weight is 218 g/mol. The minimum absolute atomic E-state index is 0.338. The molecule has 0 saturated carbocycles. The quantitative estimate of drug-likeness (QED) is 0.748. The van der Waals surface area contributed by atoms with Crippen LogP contribution in [0.25, 0.3) is 10.9 Å². The summed E-state index contributed by atoms with van der Waals surface area (Å²) in [7, 11) is 0. The van der Waals surface area contributed by atoms with Crippen LogP contribution in [0.15, 0.2) is 24.3 Å². The van der Waals surface area contributed by atoms with E-state index in [4.69, 9.17) is 4.74 Å². The number of aromatic amines is 1. The molecule has 0 radical (unpaired) electrons. The number of fused-ring (bicyclic) bond motifs is 1. The number of benzene rings is 1. The van der Waals surface area contributed by atoms with E-state index in [1.165, 1.54) is 0 Å². The molecule has 1 aromatic heterocycles. The minimum Gasteiger partial charge on any atom is -0.455 e. The molecule has 16 heavy (non-hydrogen) atoms. The van der Waals surface area contributed by atoms with Gasteiger partial charge >= 0.3 is 5.97 Å². The van der Waals surface area contributed by atoms with E-state index in [9.17, 15) is 4.79 Å². The van der Waals surface area contributed by atoms with E-state index in [1.807, 2.05) is 45.0 Å². The smallest absolute Gasteiger partial charge is 0.360 e. The van der Waals surface area contributed by atoms with E-state index in [-0.39, 0.29) is 0 Å². The molecule has 1 N–H and O–H groups in total. The number of nitrogens with zero attached hydrogens (tertiary/aromatic N) is 1. The summed E-state index contributed by atoms with van der Waals surface area (Å²) < 4.78 is 5.27. The predicted octanol–water partition coefficient (Wildman–Crippen LogP) is 2.52. The van der Waals surface area contributed by atoms with Crippen LogP contribution in [0.4, 0.5) is 0 Å². The number of hydrogen-bond acceptors (Lipinski definition) is 3. The molecular weight excluding hydrogens is 204 g/mol. The van der Waals surface area contributed by atoms with Crippen LogP contribution in [0.3, 0.4) is 0 Å². The van der Waals surface area contributed by atoms with Crippen LogP contribution in [-0.2, 0) is 4.74 Å². The Morgan fingerprint density at radius 1 is 1.31 bits per heavy atom. The lowest BCUT2D eigenvalue weighted by molar-refractivity contribution is 0.00651. The summed E-state index contributed by atoms with van der Waals surface area (Å²) in [5, 5.41) is 7.57. The zero-order valence-electron chi connectivity index (χ0n) is 9.57. The van der Waals surface area contributed by atoms with E-state index in [0.29, 0.717) is 5.69 Å². The van der Waals surface area contributed by atoms with Gasteiger partial charge in [0.05, 0.1) is 5.52 Å². The zero-order valence-corrected chi connectivity index (χ0v) is 9.57. The molecule has 0 aliphatic carbocycles. The van der Waals surface area contributed by atoms with Crippen molar-refractivity contribution in [2.45, 2.75) is 26.4 Å². The first-order chi connectivity index (χ1) is 7.47. The fourth-order valence-electron chi connectivity index (χ4n) is 1.45. The number of carbonyl (C=O) groups excluding carboxylic acids is 1. The lowest BCUT2D eigenvalue weighted by Crippen LogP contribution is -2.24. The summed E-state index contributed by atoms with van der Waals surface area (Å²) in [5.74, 6) is -0.398. The third-order valence-electron chi connectivity index (χ3n) is 2.06. The van der Waals surface area contributed by atoms with Crippen molar-refractivity contribution in [3.05, 3.63) is 30.0 Å². The number of hydrogen-bond donors (Lipinski definition) is 1. The molecule has 4 nitrogen and oxygen atoms in total. The highest BCUT2D eigenvalue weighted by Gasteiger charge is 2.21. The van der Waals surface area contributed by atoms with Crippen LogP contribution in [-0.4, -0.2) is 21.8 Å². The summed E-state index contributed by atoms with van der Waals surface area (Å²) in [5.41, 5.74) is 0.672. The fraction of sp³-hybridized carbons (Fsp3) is 0.333. The van der Waals surface area contributed by atoms with Crippen LogP contribution in [0, 0.1) is 0 Å². The molecule has 0 atom stereocenters. The highest BCUT2D eigenvalue weighted by Crippen LogP contribution is 2.18. The third kappa shape index (κ3) is 2.05. The van der Waals surface area contributed by atoms with E-state index < -0.39 is 11.6 Å². The van der Waals surface area contributed by atoms with Crippen LogP contribution < -0.4 is 0 Å². The molecule has 0 unspecified atom stereocenters. The maximum atomic E-state index is 11.8. The zero-order chi connectivity index (χ0) is 11.8. The SMILES string of the molecule is CC(C)(C)OC(=O)c1n[nH]c2ccccc12. The Balaban J connectivity index is 2.37. The van der Waals surface area contributed by atoms with Crippen molar-refractivity contribution >= 4 is 16.9 Å². The Kier molecular flexibility index (Phi) is 2.42. The topological polar surface area (TPSA) is 55.0 Å². The first-order valence-electron chi connectivity index (χ1n) is 5.14. The van der Waals surface area contributed by atoms with Gasteiger partial charge in [-0.2, -0.15) is 5.10 Å². The van der Waals surface area contributed by atoms with Gasteiger partial charge in [0.15, 0.2) is 5.69 Å². The first kappa shape index (κ1) is 10.7. The van der Waals surface area contributed by atoms with Gasteiger partial charge in [-0.25, -0.2) is 4.79 Å². The summed E-state index contributed by atoms with van der Waals surface area (Å²) in [6, 6.07) is 7.47. The molecule has 0 aliphatic heterocycles. The molecular formula is C12H14N2O2. The van der Waals surface area contributed by atoms with Gasteiger partial charge in [-0.15, -0.1) is 0 Å². The molecule has 0 amide bonds. The molecule has 4 heteroatoms. The molecule has 0 bridgehead atoms. The number of aromatic nitrogens is 2. The van der Waals surface area contributed by atoms with E-state index in [0.717, 1.165) is 10.9 Å². The van der Waals surface area contributed by atoms with Crippen LogP contribution in [0.5, 0.6) is 0 Å². The summed E-state index contributed by atoms with van der Waals surface area (Å²) in [4.78, 5) is 11.8. The van der Waals surface area contributed by atoms with Crippen LogP contribution in [0.1, 0.15) is 31.3 Å². The van der Waals surface area contributed by atoms with Crippen molar-refractivity contribution in [1.29, 1.82) is 0 Å². The van der Waals surface area contributed by atoms with Crippen molar-refractivity contribution in [2.24, 2.45) is 0 Å². The van der Waals surface area contributed by atoms with E-state index >= 15 is 0 Å². The number of H-pyrrole nitrogens is 1. The fourth-order valence-corrected chi connectivity index (χ4v) is 1.45. The molecule has 0 saturated heterocycles. The van der Waals surface area contributed by atoms with Crippen molar-refractivity contribution in [1.82, 2.24) is 10.2 Å². The van der Waals surface area contributed by atoms with Crippen molar-refractivity contribution in [3.8, 4) is 0 Å². The van der Waals surface area contributed by atoms with Gasteiger partial charge in [-0.05, 0) is 26.8 Å². The maximum Gasteiger partial charge on any atom is 0.360 e. The Labute approximate surface area is 93.6 Å². The number of para-hydroxylation sites is 1. The number of rotatable bonds is 1. The van der Waals surface area contributed by atoms with Crippen molar-refractivity contribution in [2.75, 3.05) is 0 Å². The van der Waals surface area contributed by atoms with Gasteiger partial charge in [-0.3, -0.25) is 5.10 Å². The molecule has 1 aromatic carbocycles. The normalized spacial score (nSPS) is 11.7. The summed E-state index contributed by atoms with van der Waals surface area (Å²) >= 11 is 0.